The average molecular weight is 355 g/mol. The standard InChI is InChI=1S/C18H17N3OS2/c1-12-8-10-15(11-9-12)23-13(2)16(22)19-18-21-20-17(24-18)14-6-4-3-5-7-14/h3-11,13H,1-2H3,(H,19,21,22)/t13-/m1/s1. The summed E-state index contributed by atoms with van der Waals surface area (Å²) in [6.07, 6.45) is 0. The SMILES string of the molecule is Cc1ccc(S[C@H](C)C(=O)Nc2nnc(-c3ccccc3)s2)cc1. The number of hydrogen-bond acceptors (Lipinski definition) is 5. The van der Waals surface area contributed by atoms with Crippen LogP contribution < -0.4 is 5.32 Å². The van der Waals surface area contributed by atoms with E-state index in [1.54, 1.807) is 0 Å². The van der Waals surface area contributed by atoms with E-state index < -0.39 is 0 Å². The second-order valence-corrected chi connectivity index (χ2v) is 7.73. The molecule has 0 spiro atoms. The summed E-state index contributed by atoms with van der Waals surface area (Å²) in [5.41, 5.74) is 2.20. The van der Waals surface area contributed by atoms with Gasteiger partial charge in [0.2, 0.25) is 11.0 Å². The number of amides is 1. The predicted molar refractivity (Wildman–Crippen MR) is 100 cm³/mol. The number of benzene rings is 2. The zero-order valence-electron chi connectivity index (χ0n) is 13.4. The second kappa shape index (κ2) is 7.59. The minimum Gasteiger partial charge on any atom is -0.300 e. The number of aromatic nitrogens is 2. The minimum absolute atomic E-state index is 0.0728. The van der Waals surface area contributed by atoms with Crippen molar-refractivity contribution in [3.63, 3.8) is 0 Å². The molecule has 3 rings (SSSR count). The maximum atomic E-state index is 12.3. The first kappa shape index (κ1) is 16.7. The lowest BCUT2D eigenvalue weighted by molar-refractivity contribution is -0.115. The van der Waals surface area contributed by atoms with Gasteiger partial charge in [0.15, 0.2) is 0 Å². The molecule has 6 heteroatoms. The van der Waals surface area contributed by atoms with E-state index in [1.807, 2.05) is 68.4 Å². The van der Waals surface area contributed by atoms with Crippen molar-refractivity contribution in [2.24, 2.45) is 0 Å². The molecule has 4 nitrogen and oxygen atoms in total. The van der Waals surface area contributed by atoms with Crippen LogP contribution >= 0.6 is 23.1 Å². The van der Waals surface area contributed by atoms with Crippen LogP contribution in [0.25, 0.3) is 10.6 Å². The molecule has 1 atom stereocenters. The highest BCUT2D eigenvalue weighted by molar-refractivity contribution is 8.00. The van der Waals surface area contributed by atoms with Crippen LogP contribution in [0.5, 0.6) is 0 Å². The lowest BCUT2D eigenvalue weighted by Gasteiger charge is -2.10. The molecule has 0 aliphatic rings. The number of aryl methyl sites for hydroxylation is 1. The van der Waals surface area contributed by atoms with E-state index in [9.17, 15) is 4.79 Å². The van der Waals surface area contributed by atoms with E-state index >= 15 is 0 Å². The van der Waals surface area contributed by atoms with Gasteiger partial charge in [0.05, 0.1) is 5.25 Å². The molecule has 0 fully saturated rings. The lowest BCUT2D eigenvalue weighted by atomic mass is 10.2. The summed E-state index contributed by atoms with van der Waals surface area (Å²) in [6, 6.07) is 18.0. The van der Waals surface area contributed by atoms with Crippen LogP contribution in [0, 0.1) is 6.92 Å². The topological polar surface area (TPSA) is 54.9 Å². The quantitative estimate of drug-likeness (QED) is 0.678. The van der Waals surface area contributed by atoms with E-state index in [2.05, 4.69) is 15.5 Å². The van der Waals surface area contributed by atoms with E-state index in [0.29, 0.717) is 5.13 Å². The van der Waals surface area contributed by atoms with E-state index in [-0.39, 0.29) is 11.2 Å². The van der Waals surface area contributed by atoms with Gasteiger partial charge in [-0.15, -0.1) is 22.0 Å². The van der Waals surface area contributed by atoms with Gasteiger partial charge in [-0.1, -0.05) is 59.4 Å². The fourth-order valence-electron chi connectivity index (χ4n) is 2.05. The van der Waals surface area contributed by atoms with Crippen LogP contribution in [0.3, 0.4) is 0 Å². The third-order valence-corrected chi connectivity index (χ3v) is 5.38. The Labute approximate surface area is 149 Å². The molecule has 3 aromatic rings. The van der Waals surface area contributed by atoms with Crippen LogP contribution in [-0.2, 0) is 4.79 Å². The van der Waals surface area contributed by atoms with Crippen LogP contribution in [-0.4, -0.2) is 21.4 Å². The molecule has 0 bridgehead atoms. The van der Waals surface area contributed by atoms with Gasteiger partial charge in [-0.3, -0.25) is 10.1 Å². The number of nitrogens with zero attached hydrogens (tertiary/aromatic N) is 2. The highest BCUT2D eigenvalue weighted by Crippen LogP contribution is 2.28. The Morgan fingerprint density at radius 1 is 1.08 bits per heavy atom. The number of carbonyl (C=O) groups excluding carboxylic acids is 1. The summed E-state index contributed by atoms with van der Waals surface area (Å²) in [7, 11) is 0. The zero-order valence-corrected chi connectivity index (χ0v) is 15.0. The van der Waals surface area contributed by atoms with Gasteiger partial charge in [0.1, 0.15) is 5.01 Å². The second-order valence-electron chi connectivity index (χ2n) is 5.34. The number of rotatable bonds is 5. The van der Waals surface area contributed by atoms with Crippen LogP contribution in [0.15, 0.2) is 59.5 Å². The molecule has 0 saturated carbocycles. The minimum atomic E-state index is -0.211. The van der Waals surface area contributed by atoms with Gasteiger partial charge in [-0.25, -0.2) is 0 Å². The zero-order chi connectivity index (χ0) is 16.9. The number of nitrogens with one attached hydrogen (secondary N) is 1. The monoisotopic (exact) mass is 355 g/mol. The van der Waals surface area contributed by atoms with Gasteiger partial charge < -0.3 is 0 Å². The highest BCUT2D eigenvalue weighted by atomic mass is 32.2. The van der Waals surface area contributed by atoms with Crippen molar-refractivity contribution in [3.8, 4) is 10.6 Å². The molecule has 122 valence electrons. The molecule has 0 saturated heterocycles. The Morgan fingerprint density at radius 2 is 1.79 bits per heavy atom. The highest BCUT2D eigenvalue weighted by Gasteiger charge is 2.17. The molecule has 0 aliphatic carbocycles. The number of anilines is 1. The Morgan fingerprint density at radius 3 is 2.50 bits per heavy atom. The molecule has 1 N–H and O–H groups in total. The Balaban J connectivity index is 1.62. The molecule has 24 heavy (non-hydrogen) atoms. The Bertz CT molecular complexity index is 816. The first-order valence-electron chi connectivity index (χ1n) is 7.55. The Kier molecular flexibility index (Phi) is 5.27. The number of hydrogen-bond donors (Lipinski definition) is 1. The maximum Gasteiger partial charge on any atom is 0.239 e. The average Bonchev–Trinajstić information content (AvgIpc) is 3.06. The third kappa shape index (κ3) is 4.21. The number of carbonyl (C=O) groups is 1. The van der Waals surface area contributed by atoms with Gasteiger partial charge in [-0.05, 0) is 26.0 Å². The molecule has 1 aromatic heterocycles. The first-order valence-corrected chi connectivity index (χ1v) is 9.24. The molecule has 0 unspecified atom stereocenters. The van der Waals surface area contributed by atoms with Gasteiger partial charge in [0.25, 0.3) is 0 Å². The Hall–Kier alpha value is -2.18. The predicted octanol–water partition coefficient (Wildman–Crippen LogP) is 4.63. The summed E-state index contributed by atoms with van der Waals surface area (Å²) >= 11 is 2.90. The molecule has 1 heterocycles. The van der Waals surface area contributed by atoms with Crippen molar-refractivity contribution in [1.29, 1.82) is 0 Å². The molecular formula is C18H17N3OS2. The summed E-state index contributed by atoms with van der Waals surface area (Å²) < 4.78 is 0. The van der Waals surface area contributed by atoms with Crippen LogP contribution in [0.2, 0.25) is 0 Å². The van der Waals surface area contributed by atoms with Crippen molar-refractivity contribution in [2.45, 2.75) is 24.0 Å². The van der Waals surface area contributed by atoms with Crippen molar-refractivity contribution in [2.75, 3.05) is 5.32 Å². The molecule has 1 amide bonds. The lowest BCUT2D eigenvalue weighted by Crippen LogP contribution is -2.22. The number of thioether (sulfide) groups is 1. The van der Waals surface area contributed by atoms with Crippen molar-refractivity contribution in [3.05, 3.63) is 60.2 Å². The first-order chi connectivity index (χ1) is 11.6. The van der Waals surface area contributed by atoms with Crippen LogP contribution in [0.1, 0.15) is 12.5 Å². The van der Waals surface area contributed by atoms with Crippen molar-refractivity contribution >= 4 is 34.1 Å². The van der Waals surface area contributed by atoms with Crippen molar-refractivity contribution in [1.82, 2.24) is 10.2 Å². The van der Waals surface area contributed by atoms with Crippen LogP contribution in [0.4, 0.5) is 5.13 Å². The molecule has 2 aromatic carbocycles. The third-order valence-electron chi connectivity index (χ3n) is 3.38. The summed E-state index contributed by atoms with van der Waals surface area (Å²) in [4.78, 5) is 13.4. The van der Waals surface area contributed by atoms with Gasteiger partial charge in [-0.2, -0.15) is 0 Å². The van der Waals surface area contributed by atoms with Gasteiger partial charge >= 0.3 is 0 Å². The normalized spacial score (nSPS) is 11.9. The van der Waals surface area contributed by atoms with E-state index in [1.165, 1.54) is 28.7 Å². The molecule has 0 radical (unpaired) electrons. The summed E-state index contributed by atoms with van der Waals surface area (Å²) in [6.45, 7) is 3.93. The van der Waals surface area contributed by atoms with E-state index in [0.717, 1.165) is 15.5 Å². The smallest absolute Gasteiger partial charge is 0.239 e. The summed E-state index contributed by atoms with van der Waals surface area (Å²) in [5, 5.41) is 12.2. The molecule has 0 aliphatic heterocycles. The maximum absolute atomic E-state index is 12.3. The summed E-state index contributed by atoms with van der Waals surface area (Å²) in [5.74, 6) is -0.0728. The van der Waals surface area contributed by atoms with Crippen molar-refractivity contribution < 1.29 is 4.79 Å². The fourth-order valence-corrected chi connectivity index (χ4v) is 3.67. The fraction of sp³-hybridized carbons (Fsp3) is 0.167. The molecular weight excluding hydrogens is 338 g/mol. The van der Waals surface area contributed by atoms with E-state index in [4.69, 9.17) is 0 Å². The van der Waals surface area contributed by atoms with Gasteiger partial charge in [0, 0.05) is 10.5 Å². The largest absolute Gasteiger partial charge is 0.300 e.